The third-order valence-electron chi connectivity index (χ3n) is 4.07. The minimum Gasteiger partial charge on any atom is -0.358 e. The summed E-state index contributed by atoms with van der Waals surface area (Å²) >= 11 is 0. The molecular weight excluding hydrogens is 276 g/mol. The van der Waals surface area contributed by atoms with E-state index >= 15 is 0 Å². The van der Waals surface area contributed by atoms with E-state index in [2.05, 4.69) is 4.98 Å². The molecule has 0 amide bonds. The molecule has 1 N–H and O–H groups in total. The summed E-state index contributed by atoms with van der Waals surface area (Å²) in [6, 6.07) is 16.0. The average molecular weight is 294 g/mol. The summed E-state index contributed by atoms with van der Waals surface area (Å²) in [7, 11) is 0. The highest BCUT2D eigenvalue weighted by Gasteiger charge is 2.25. The summed E-state index contributed by atoms with van der Waals surface area (Å²) in [6.07, 6.45) is 0. The van der Waals surface area contributed by atoms with E-state index in [-0.39, 0.29) is 17.4 Å². The number of hydrogen-bond donors (Lipinski definition) is 1. The Morgan fingerprint density at radius 1 is 1.14 bits per heavy atom. The van der Waals surface area contributed by atoms with Crippen molar-refractivity contribution >= 4 is 10.9 Å². The van der Waals surface area contributed by atoms with E-state index in [1.165, 1.54) is 0 Å². The third kappa shape index (κ3) is 2.60. The van der Waals surface area contributed by atoms with Crippen molar-refractivity contribution in [3.8, 4) is 0 Å². The van der Waals surface area contributed by atoms with Gasteiger partial charge in [-0.2, -0.15) is 0 Å². The molecule has 4 heteroatoms. The zero-order valence-corrected chi connectivity index (χ0v) is 12.7. The van der Waals surface area contributed by atoms with Crippen LogP contribution in [0.25, 0.3) is 10.9 Å². The predicted octanol–water partition coefficient (Wildman–Crippen LogP) is 4.19. The molecule has 0 fully saturated rings. The van der Waals surface area contributed by atoms with Crippen LogP contribution in [0.1, 0.15) is 28.3 Å². The second-order valence-electron chi connectivity index (χ2n) is 5.69. The molecule has 0 bridgehead atoms. The van der Waals surface area contributed by atoms with Crippen molar-refractivity contribution in [3.05, 3.63) is 81.0 Å². The zero-order chi connectivity index (χ0) is 15.7. The molecular formula is C18H18N2O2. The van der Waals surface area contributed by atoms with E-state index in [1.54, 1.807) is 0 Å². The molecule has 0 saturated heterocycles. The quantitative estimate of drug-likeness (QED) is 0.579. The maximum atomic E-state index is 11.2. The Hall–Kier alpha value is -2.62. The Morgan fingerprint density at radius 3 is 2.64 bits per heavy atom. The van der Waals surface area contributed by atoms with Gasteiger partial charge in [0.1, 0.15) is 0 Å². The number of nitro groups is 1. The number of hydrogen-bond acceptors (Lipinski definition) is 2. The number of aryl methyl sites for hydroxylation is 2. The summed E-state index contributed by atoms with van der Waals surface area (Å²) in [6.45, 7) is 3.89. The molecule has 0 saturated carbocycles. The minimum absolute atomic E-state index is 0.105. The van der Waals surface area contributed by atoms with Crippen LogP contribution in [-0.2, 0) is 0 Å². The molecule has 0 aliphatic heterocycles. The normalized spacial score (nSPS) is 12.5. The smallest absolute Gasteiger partial charge is 0.214 e. The number of benzene rings is 2. The molecule has 4 nitrogen and oxygen atoms in total. The van der Waals surface area contributed by atoms with Gasteiger partial charge in [-0.15, -0.1) is 0 Å². The van der Waals surface area contributed by atoms with Crippen LogP contribution in [-0.4, -0.2) is 16.5 Å². The van der Waals surface area contributed by atoms with E-state index in [0.717, 1.165) is 33.3 Å². The van der Waals surface area contributed by atoms with Gasteiger partial charge in [0.15, 0.2) is 0 Å². The Kier molecular flexibility index (Phi) is 3.67. The van der Waals surface area contributed by atoms with Gasteiger partial charge in [0, 0.05) is 21.5 Å². The van der Waals surface area contributed by atoms with Gasteiger partial charge in [-0.3, -0.25) is 10.1 Å². The topological polar surface area (TPSA) is 58.9 Å². The summed E-state index contributed by atoms with van der Waals surface area (Å²) in [5.74, 6) is -0.244. The Morgan fingerprint density at radius 2 is 1.91 bits per heavy atom. The highest BCUT2D eigenvalue weighted by atomic mass is 16.6. The van der Waals surface area contributed by atoms with Gasteiger partial charge in [0.25, 0.3) is 0 Å². The van der Waals surface area contributed by atoms with Gasteiger partial charge in [0.05, 0.1) is 5.92 Å². The van der Waals surface area contributed by atoms with Gasteiger partial charge in [0.2, 0.25) is 6.54 Å². The summed E-state index contributed by atoms with van der Waals surface area (Å²) in [5, 5.41) is 12.3. The third-order valence-corrected chi connectivity index (χ3v) is 4.07. The SMILES string of the molecule is Cc1cccc(C(C[N+](=O)[O-])c2c(C)[nH]c3ccccc23)c1. The fourth-order valence-corrected chi connectivity index (χ4v) is 3.15. The van der Waals surface area contributed by atoms with Crippen molar-refractivity contribution in [3.63, 3.8) is 0 Å². The van der Waals surface area contributed by atoms with Crippen molar-refractivity contribution in [2.45, 2.75) is 19.8 Å². The Labute approximate surface area is 128 Å². The lowest BCUT2D eigenvalue weighted by Gasteiger charge is -2.15. The lowest BCUT2D eigenvalue weighted by Crippen LogP contribution is -2.14. The van der Waals surface area contributed by atoms with Gasteiger partial charge < -0.3 is 4.98 Å². The molecule has 112 valence electrons. The lowest BCUT2D eigenvalue weighted by molar-refractivity contribution is -0.481. The van der Waals surface area contributed by atoms with E-state index in [0.29, 0.717) is 0 Å². The average Bonchev–Trinajstić information content (AvgIpc) is 2.80. The number of para-hydroxylation sites is 1. The number of rotatable bonds is 4. The van der Waals surface area contributed by atoms with Crippen LogP contribution in [0.4, 0.5) is 0 Å². The first-order valence-electron chi connectivity index (χ1n) is 7.32. The first kappa shape index (κ1) is 14.3. The van der Waals surface area contributed by atoms with Crippen molar-refractivity contribution in [1.82, 2.24) is 4.98 Å². The second-order valence-corrected chi connectivity index (χ2v) is 5.69. The van der Waals surface area contributed by atoms with Crippen LogP contribution in [0.5, 0.6) is 0 Å². The number of nitrogens with one attached hydrogen (secondary N) is 1. The van der Waals surface area contributed by atoms with Gasteiger partial charge in [-0.1, -0.05) is 48.0 Å². The molecule has 0 aliphatic carbocycles. The first-order valence-corrected chi connectivity index (χ1v) is 7.32. The molecule has 1 heterocycles. The number of aromatic amines is 1. The Balaban J connectivity index is 2.20. The first-order chi connectivity index (χ1) is 10.6. The lowest BCUT2D eigenvalue weighted by atomic mass is 9.88. The summed E-state index contributed by atoms with van der Waals surface area (Å²) in [4.78, 5) is 14.3. The second kappa shape index (κ2) is 5.64. The maximum absolute atomic E-state index is 11.2. The monoisotopic (exact) mass is 294 g/mol. The Bertz CT molecular complexity index is 836. The fourth-order valence-electron chi connectivity index (χ4n) is 3.15. The van der Waals surface area contributed by atoms with E-state index in [1.807, 2.05) is 62.4 Å². The molecule has 2 aromatic carbocycles. The molecule has 1 atom stereocenters. The van der Waals surface area contributed by atoms with Crippen LogP contribution in [0.2, 0.25) is 0 Å². The highest BCUT2D eigenvalue weighted by Crippen LogP contribution is 2.34. The summed E-state index contributed by atoms with van der Waals surface area (Å²) in [5.41, 5.74) is 5.15. The fraction of sp³-hybridized carbons (Fsp3) is 0.222. The van der Waals surface area contributed by atoms with Crippen LogP contribution in [0.3, 0.4) is 0 Å². The molecule has 3 aromatic rings. The summed E-state index contributed by atoms with van der Waals surface area (Å²) < 4.78 is 0. The van der Waals surface area contributed by atoms with Crippen molar-refractivity contribution in [1.29, 1.82) is 0 Å². The number of H-pyrrole nitrogens is 1. The van der Waals surface area contributed by atoms with Crippen LogP contribution in [0, 0.1) is 24.0 Å². The highest BCUT2D eigenvalue weighted by molar-refractivity contribution is 5.85. The van der Waals surface area contributed by atoms with Gasteiger partial charge in [-0.05, 0) is 31.0 Å². The van der Waals surface area contributed by atoms with Crippen molar-refractivity contribution in [2.75, 3.05) is 6.54 Å². The van der Waals surface area contributed by atoms with Gasteiger partial charge in [-0.25, -0.2) is 0 Å². The van der Waals surface area contributed by atoms with Gasteiger partial charge >= 0.3 is 0 Å². The van der Waals surface area contributed by atoms with Crippen LogP contribution in [0.15, 0.2) is 48.5 Å². The molecule has 1 aromatic heterocycles. The molecule has 0 spiro atoms. The van der Waals surface area contributed by atoms with Crippen molar-refractivity contribution in [2.24, 2.45) is 0 Å². The zero-order valence-electron chi connectivity index (χ0n) is 12.7. The number of fused-ring (bicyclic) bond motifs is 1. The van der Waals surface area contributed by atoms with E-state index in [9.17, 15) is 10.1 Å². The van der Waals surface area contributed by atoms with E-state index < -0.39 is 0 Å². The van der Waals surface area contributed by atoms with E-state index in [4.69, 9.17) is 0 Å². The molecule has 22 heavy (non-hydrogen) atoms. The van der Waals surface area contributed by atoms with Crippen LogP contribution >= 0.6 is 0 Å². The number of aromatic nitrogens is 1. The molecule has 3 rings (SSSR count). The standard InChI is InChI=1S/C18H18N2O2/c1-12-6-5-7-14(10-12)16(11-20(21)22)18-13(2)19-17-9-4-3-8-15(17)18/h3-10,16,19H,11H2,1-2H3. The molecule has 0 aliphatic rings. The predicted molar refractivity (Wildman–Crippen MR) is 87.9 cm³/mol. The number of nitrogens with zero attached hydrogens (tertiary/aromatic N) is 1. The minimum atomic E-state index is -0.244. The van der Waals surface area contributed by atoms with Crippen molar-refractivity contribution < 1.29 is 4.92 Å². The van der Waals surface area contributed by atoms with Crippen LogP contribution < -0.4 is 0 Å². The largest absolute Gasteiger partial charge is 0.358 e. The molecule has 1 unspecified atom stereocenters. The maximum Gasteiger partial charge on any atom is 0.214 e. The molecule has 0 radical (unpaired) electrons.